The van der Waals surface area contributed by atoms with E-state index < -0.39 is 5.92 Å². The summed E-state index contributed by atoms with van der Waals surface area (Å²) in [5.41, 5.74) is 0.661. The maximum absolute atomic E-state index is 13.1. The van der Waals surface area contributed by atoms with E-state index in [1.165, 1.54) is 0 Å². The smallest absolute Gasteiger partial charge is 0.250 e. The van der Waals surface area contributed by atoms with Crippen LogP contribution in [0.1, 0.15) is 24.8 Å². The average Bonchev–Trinajstić information content (AvgIpc) is 2.92. The monoisotopic (exact) mass is 210 g/mol. The average molecular weight is 210 g/mol. The standard InChI is InChI=1S/C12H12F2O/c13-11(14)6-7-12(10(8-11)15-12)9-4-2-1-3-5-9/h1-5,10H,6-8H2/t10-,12-/m1/s1. The molecule has 1 aliphatic carbocycles. The number of benzene rings is 1. The molecule has 3 rings (SSSR count). The van der Waals surface area contributed by atoms with Crippen LogP contribution in [0.5, 0.6) is 0 Å². The van der Waals surface area contributed by atoms with E-state index in [1.807, 2.05) is 30.3 Å². The predicted octanol–water partition coefficient (Wildman–Crippen LogP) is 3.10. The van der Waals surface area contributed by atoms with E-state index in [9.17, 15) is 8.78 Å². The molecule has 0 N–H and O–H groups in total. The van der Waals surface area contributed by atoms with Crippen molar-refractivity contribution in [3.63, 3.8) is 0 Å². The molecule has 3 heteroatoms. The Labute approximate surface area is 87.1 Å². The predicted molar refractivity (Wildman–Crippen MR) is 51.8 cm³/mol. The van der Waals surface area contributed by atoms with Gasteiger partial charge in [0.25, 0.3) is 5.92 Å². The van der Waals surface area contributed by atoms with Gasteiger partial charge in [0.1, 0.15) is 5.60 Å². The molecule has 2 aliphatic rings. The number of hydrogen-bond acceptors (Lipinski definition) is 1. The van der Waals surface area contributed by atoms with E-state index in [2.05, 4.69) is 0 Å². The summed E-state index contributed by atoms with van der Waals surface area (Å²) in [6.45, 7) is 0. The highest BCUT2D eigenvalue weighted by Gasteiger charge is 2.64. The topological polar surface area (TPSA) is 12.5 Å². The lowest BCUT2D eigenvalue weighted by Crippen LogP contribution is -2.30. The molecule has 1 aliphatic heterocycles. The fourth-order valence-electron chi connectivity index (χ4n) is 2.51. The minimum atomic E-state index is -2.53. The Morgan fingerprint density at radius 3 is 2.53 bits per heavy atom. The van der Waals surface area contributed by atoms with Crippen molar-refractivity contribution in [1.29, 1.82) is 0 Å². The minimum absolute atomic E-state index is 0.0571. The Morgan fingerprint density at radius 1 is 1.13 bits per heavy atom. The molecule has 0 amide bonds. The minimum Gasteiger partial charge on any atom is -0.361 e. The number of fused-ring (bicyclic) bond motifs is 1. The van der Waals surface area contributed by atoms with Gasteiger partial charge in [0.15, 0.2) is 0 Å². The van der Waals surface area contributed by atoms with Crippen molar-refractivity contribution < 1.29 is 13.5 Å². The molecule has 0 spiro atoms. The van der Waals surface area contributed by atoms with E-state index in [0.29, 0.717) is 6.42 Å². The second-order valence-electron chi connectivity index (χ2n) is 4.42. The van der Waals surface area contributed by atoms with Gasteiger partial charge < -0.3 is 4.74 Å². The van der Waals surface area contributed by atoms with Gasteiger partial charge in [-0.1, -0.05) is 30.3 Å². The van der Waals surface area contributed by atoms with Crippen molar-refractivity contribution >= 4 is 0 Å². The molecule has 2 fully saturated rings. The van der Waals surface area contributed by atoms with Gasteiger partial charge >= 0.3 is 0 Å². The maximum atomic E-state index is 13.1. The Morgan fingerprint density at radius 2 is 1.87 bits per heavy atom. The summed E-state index contributed by atoms with van der Waals surface area (Å²) in [6, 6.07) is 9.70. The van der Waals surface area contributed by atoms with Gasteiger partial charge in [0, 0.05) is 12.8 Å². The zero-order valence-corrected chi connectivity index (χ0v) is 8.25. The van der Waals surface area contributed by atoms with Crippen LogP contribution >= 0.6 is 0 Å². The number of halogens is 2. The summed E-state index contributed by atoms with van der Waals surface area (Å²) in [4.78, 5) is 0. The third-order valence-corrected chi connectivity index (χ3v) is 3.42. The second kappa shape index (κ2) is 2.79. The number of ether oxygens (including phenoxy) is 1. The van der Waals surface area contributed by atoms with Crippen LogP contribution in [0.2, 0.25) is 0 Å². The quantitative estimate of drug-likeness (QED) is 0.649. The zero-order chi connectivity index (χ0) is 10.5. The number of alkyl halides is 2. The highest BCUT2D eigenvalue weighted by molar-refractivity contribution is 5.30. The maximum Gasteiger partial charge on any atom is 0.250 e. The van der Waals surface area contributed by atoms with Gasteiger partial charge in [-0.3, -0.25) is 0 Å². The molecular formula is C12H12F2O. The van der Waals surface area contributed by atoms with Crippen LogP contribution in [0.15, 0.2) is 30.3 Å². The van der Waals surface area contributed by atoms with Crippen molar-refractivity contribution in [3.05, 3.63) is 35.9 Å². The lowest BCUT2D eigenvalue weighted by atomic mass is 9.82. The molecule has 0 unspecified atom stereocenters. The fourth-order valence-corrected chi connectivity index (χ4v) is 2.51. The van der Waals surface area contributed by atoms with Crippen LogP contribution in [0.25, 0.3) is 0 Å². The van der Waals surface area contributed by atoms with E-state index in [1.54, 1.807) is 0 Å². The first kappa shape index (κ1) is 9.28. The van der Waals surface area contributed by atoms with Crippen molar-refractivity contribution in [2.75, 3.05) is 0 Å². The van der Waals surface area contributed by atoms with Gasteiger partial charge in [-0.25, -0.2) is 8.78 Å². The molecule has 1 nitrogen and oxygen atoms in total. The van der Waals surface area contributed by atoms with Gasteiger partial charge in [-0.05, 0) is 12.0 Å². The first-order chi connectivity index (χ1) is 7.12. The summed E-state index contributed by atoms with van der Waals surface area (Å²) in [6.07, 6.45) is -0.0155. The first-order valence-electron chi connectivity index (χ1n) is 5.24. The molecule has 1 aromatic carbocycles. The number of epoxide rings is 1. The Hall–Kier alpha value is -0.960. The molecule has 1 aromatic rings. The van der Waals surface area contributed by atoms with E-state index in [0.717, 1.165) is 5.56 Å². The molecule has 1 heterocycles. The fraction of sp³-hybridized carbons (Fsp3) is 0.500. The van der Waals surface area contributed by atoms with Crippen molar-refractivity contribution in [3.8, 4) is 0 Å². The van der Waals surface area contributed by atoms with Crippen molar-refractivity contribution in [2.45, 2.75) is 36.9 Å². The molecule has 0 radical (unpaired) electrons. The summed E-state index contributed by atoms with van der Waals surface area (Å²) in [7, 11) is 0. The molecule has 0 aromatic heterocycles. The van der Waals surface area contributed by atoms with Crippen molar-refractivity contribution in [2.24, 2.45) is 0 Å². The van der Waals surface area contributed by atoms with Gasteiger partial charge in [0.05, 0.1) is 6.10 Å². The molecule has 0 bridgehead atoms. The van der Waals surface area contributed by atoms with Crippen LogP contribution in [0.3, 0.4) is 0 Å². The third kappa shape index (κ3) is 1.37. The van der Waals surface area contributed by atoms with Crippen LogP contribution < -0.4 is 0 Å². The molecule has 1 saturated heterocycles. The van der Waals surface area contributed by atoms with Crippen LogP contribution in [-0.4, -0.2) is 12.0 Å². The lowest BCUT2D eigenvalue weighted by molar-refractivity contribution is -0.0328. The van der Waals surface area contributed by atoms with Gasteiger partial charge in [0.2, 0.25) is 0 Å². The normalized spacial score (nSPS) is 37.1. The second-order valence-corrected chi connectivity index (χ2v) is 4.42. The lowest BCUT2D eigenvalue weighted by Gasteiger charge is -2.24. The third-order valence-electron chi connectivity index (χ3n) is 3.42. The molecule has 80 valence electrons. The van der Waals surface area contributed by atoms with E-state index >= 15 is 0 Å². The molecule has 1 saturated carbocycles. The Balaban J connectivity index is 1.86. The van der Waals surface area contributed by atoms with E-state index in [-0.39, 0.29) is 24.5 Å². The number of rotatable bonds is 1. The Bertz CT molecular complexity index is 376. The summed E-state index contributed by atoms with van der Waals surface area (Å²) < 4.78 is 31.7. The summed E-state index contributed by atoms with van der Waals surface area (Å²) in [5, 5.41) is 0. The highest BCUT2D eigenvalue weighted by Crippen LogP contribution is 2.58. The SMILES string of the molecule is FC1(F)CC[C@]2(c3ccccc3)O[C@@H]2C1. The number of hydrogen-bond donors (Lipinski definition) is 0. The van der Waals surface area contributed by atoms with Crippen LogP contribution in [-0.2, 0) is 10.3 Å². The molecule has 15 heavy (non-hydrogen) atoms. The largest absolute Gasteiger partial charge is 0.361 e. The first-order valence-corrected chi connectivity index (χ1v) is 5.24. The van der Waals surface area contributed by atoms with Crippen LogP contribution in [0.4, 0.5) is 8.78 Å². The highest BCUT2D eigenvalue weighted by atomic mass is 19.3. The Kier molecular flexibility index (Phi) is 1.72. The van der Waals surface area contributed by atoms with E-state index in [4.69, 9.17) is 4.74 Å². The molecular weight excluding hydrogens is 198 g/mol. The molecule has 2 atom stereocenters. The van der Waals surface area contributed by atoms with Crippen molar-refractivity contribution in [1.82, 2.24) is 0 Å². The van der Waals surface area contributed by atoms with Gasteiger partial charge in [-0.2, -0.15) is 0 Å². The summed E-state index contributed by atoms with van der Waals surface area (Å²) >= 11 is 0. The van der Waals surface area contributed by atoms with Crippen LogP contribution in [0, 0.1) is 0 Å². The van der Waals surface area contributed by atoms with Gasteiger partial charge in [-0.15, -0.1) is 0 Å². The zero-order valence-electron chi connectivity index (χ0n) is 8.25. The summed E-state index contributed by atoms with van der Waals surface area (Å²) in [5.74, 6) is -2.53.